The maximum atomic E-state index is 5.52. The molecule has 0 bridgehead atoms. The van der Waals surface area contributed by atoms with Gasteiger partial charge in [-0.1, -0.05) is 11.3 Å². The van der Waals surface area contributed by atoms with Gasteiger partial charge in [0.25, 0.3) is 0 Å². The van der Waals surface area contributed by atoms with Gasteiger partial charge in [-0.15, -0.1) is 10.2 Å². The van der Waals surface area contributed by atoms with Crippen molar-refractivity contribution in [3.8, 4) is 0 Å². The van der Waals surface area contributed by atoms with Crippen LogP contribution in [0.5, 0.6) is 0 Å². The number of nitrogens with two attached hydrogens (primary N) is 1. The summed E-state index contributed by atoms with van der Waals surface area (Å²) in [5, 5.41) is 9.72. The van der Waals surface area contributed by atoms with Crippen molar-refractivity contribution < 1.29 is 0 Å². The van der Waals surface area contributed by atoms with E-state index in [1.807, 2.05) is 13.8 Å². The van der Waals surface area contributed by atoms with Gasteiger partial charge in [0.1, 0.15) is 10.0 Å². The van der Waals surface area contributed by atoms with Gasteiger partial charge in [0.2, 0.25) is 5.95 Å². The normalized spacial score (nSPS) is 10.5. The Balaban J connectivity index is 2.27. The maximum Gasteiger partial charge on any atom is 0.221 e. The largest absolute Gasteiger partial charge is 0.368 e. The summed E-state index contributed by atoms with van der Waals surface area (Å²) in [4.78, 5) is 8.05. The average molecular weight is 239 g/mol. The maximum absolute atomic E-state index is 5.52. The molecule has 2 heterocycles. The second-order valence-electron chi connectivity index (χ2n) is 2.91. The van der Waals surface area contributed by atoms with Gasteiger partial charge in [0, 0.05) is 11.8 Å². The zero-order valence-corrected chi connectivity index (χ0v) is 9.89. The van der Waals surface area contributed by atoms with E-state index in [0.29, 0.717) is 0 Å². The lowest BCUT2D eigenvalue weighted by Crippen LogP contribution is -1.96. The lowest BCUT2D eigenvalue weighted by atomic mass is 10.4. The van der Waals surface area contributed by atoms with Gasteiger partial charge in [0.15, 0.2) is 4.34 Å². The van der Waals surface area contributed by atoms with Gasteiger partial charge in [-0.25, -0.2) is 9.97 Å². The molecule has 2 aromatic rings. The lowest BCUT2D eigenvalue weighted by molar-refractivity contribution is 0.973. The van der Waals surface area contributed by atoms with Crippen molar-refractivity contribution in [1.29, 1.82) is 0 Å². The summed E-state index contributed by atoms with van der Waals surface area (Å²) >= 11 is 3.00. The van der Waals surface area contributed by atoms with Crippen molar-refractivity contribution in [2.75, 3.05) is 5.73 Å². The Labute approximate surface area is 95.2 Å². The number of rotatable bonds is 2. The summed E-state index contributed by atoms with van der Waals surface area (Å²) in [6, 6.07) is 0. The molecule has 0 spiro atoms. The van der Waals surface area contributed by atoms with Crippen LogP contribution >= 0.6 is 23.1 Å². The van der Waals surface area contributed by atoms with Crippen LogP contribution in [0.4, 0.5) is 5.95 Å². The van der Waals surface area contributed by atoms with Crippen LogP contribution < -0.4 is 5.73 Å². The molecule has 0 saturated carbocycles. The van der Waals surface area contributed by atoms with Gasteiger partial charge in [0.05, 0.1) is 0 Å². The quantitative estimate of drug-likeness (QED) is 0.803. The summed E-state index contributed by atoms with van der Waals surface area (Å²) in [5.41, 5.74) is 6.51. The molecule has 0 aliphatic heterocycles. The highest BCUT2D eigenvalue weighted by atomic mass is 32.2. The minimum atomic E-state index is 0.282. The van der Waals surface area contributed by atoms with E-state index in [2.05, 4.69) is 20.2 Å². The number of hydrogen-bond donors (Lipinski definition) is 1. The standard InChI is InChI=1S/C8H9N5S2/c1-4-3-10-7(9)11-6(4)15-8-13-12-5(2)14-8/h3H,1-2H3,(H2,9,10,11). The first-order chi connectivity index (χ1) is 7.15. The second kappa shape index (κ2) is 4.11. The Morgan fingerprint density at radius 2 is 2.13 bits per heavy atom. The monoisotopic (exact) mass is 239 g/mol. The van der Waals surface area contributed by atoms with E-state index >= 15 is 0 Å². The Kier molecular flexibility index (Phi) is 2.83. The molecule has 2 rings (SSSR count). The van der Waals surface area contributed by atoms with Crippen LogP contribution in [0.3, 0.4) is 0 Å². The molecule has 7 heteroatoms. The third-order valence-corrected chi connectivity index (χ3v) is 3.63. The fourth-order valence-electron chi connectivity index (χ4n) is 0.945. The van der Waals surface area contributed by atoms with Crippen molar-refractivity contribution in [3.63, 3.8) is 0 Å². The minimum Gasteiger partial charge on any atom is -0.368 e. The number of anilines is 1. The number of aromatic nitrogens is 4. The second-order valence-corrected chi connectivity index (χ2v) is 5.32. The van der Waals surface area contributed by atoms with Gasteiger partial charge in [-0.05, 0) is 25.6 Å². The molecule has 0 saturated heterocycles. The Morgan fingerprint density at radius 3 is 2.80 bits per heavy atom. The molecule has 5 nitrogen and oxygen atoms in total. The first-order valence-corrected chi connectivity index (χ1v) is 5.85. The van der Waals surface area contributed by atoms with E-state index in [1.54, 1.807) is 6.20 Å². The Bertz CT molecular complexity index is 482. The average Bonchev–Trinajstić information content (AvgIpc) is 2.58. The van der Waals surface area contributed by atoms with Crippen LogP contribution in [-0.4, -0.2) is 20.2 Å². The third kappa shape index (κ3) is 2.42. The molecule has 0 radical (unpaired) electrons. The van der Waals surface area contributed by atoms with Crippen molar-refractivity contribution in [2.24, 2.45) is 0 Å². The number of aryl methyl sites for hydroxylation is 2. The summed E-state index contributed by atoms with van der Waals surface area (Å²) in [5.74, 6) is 0.282. The molecular formula is C8H9N5S2. The third-order valence-electron chi connectivity index (χ3n) is 1.64. The Hall–Kier alpha value is -1.21. The van der Waals surface area contributed by atoms with Gasteiger partial charge >= 0.3 is 0 Å². The van der Waals surface area contributed by atoms with Crippen molar-refractivity contribution in [1.82, 2.24) is 20.2 Å². The van der Waals surface area contributed by atoms with Crippen LogP contribution in [-0.2, 0) is 0 Å². The lowest BCUT2D eigenvalue weighted by Gasteiger charge is -2.01. The zero-order valence-electron chi connectivity index (χ0n) is 8.26. The first kappa shape index (κ1) is 10.3. The molecular weight excluding hydrogens is 230 g/mol. The van der Waals surface area contributed by atoms with E-state index in [-0.39, 0.29) is 5.95 Å². The van der Waals surface area contributed by atoms with Crippen LogP contribution in [0.2, 0.25) is 0 Å². The predicted molar refractivity (Wildman–Crippen MR) is 60.0 cm³/mol. The highest BCUT2D eigenvalue weighted by Gasteiger charge is 2.08. The molecule has 0 aliphatic carbocycles. The summed E-state index contributed by atoms with van der Waals surface area (Å²) < 4.78 is 0.869. The topological polar surface area (TPSA) is 77.6 Å². The molecule has 78 valence electrons. The van der Waals surface area contributed by atoms with Gasteiger partial charge < -0.3 is 5.73 Å². The highest BCUT2D eigenvalue weighted by Crippen LogP contribution is 2.30. The molecule has 0 amide bonds. The minimum absolute atomic E-state index is 0.282. The first-order valence-electron chi connectivity index (χ1n) is 4.22. The van der Waals surface area contributed by atoms with Crippen LogP contribution in [0.1, 0.15) is 10.6 Å². The predicted octanol–water partition coefficient (Wildman–Crippen LogP) is 1.68. The molecule has 15 heavy (non-hydrogen) atoms. The van der Waals surface area contributed by atoms with Gasteiger partial charge in [-0.3, -0.25) is 0 Å². The van der Waals surface area contributed by atoms with Crippen LogP contribution in [0.25, 0.3) is 0 Å². The van der Waals surface area contributed by atoms with E-state index in [0.717, 1.165) is 19.9 Å². The van der Waals surface area contributed by atoms with E-state index in [9.17, 15) is 0 Å². The van der Waals surface area contributed by atoms with Crippen molar-refractivity contribution in [3.05, 3.63) is 16.8 Å². The van der Waals surface area contributed by atoms with E-state index < -0.39 is 0 Å². The van der Waals surface area contributed by atoms with Crippen molar-refractivity contribution in [2.45, 2.75) is 23.2 Å². The number of hydrogen-bond acceptors (Lipinski definition) is 7. The molecule has 0 aromatic carbocycles. The molecule has 2 N–H and O–H groups in total. The molecule has 2 aromatic heterocycles. The summed E-state index contributed by atoms with van der Waals surface area (Å²) in [6.45, 7) is 3.86. The molecule has 0 fully saturated rings. The highest BCUT2D eigenvalue weighted by molar-refractivity contribution is 8.01. The van der Waals surface area contributed by atoms with E-state index in [4.69, 9.17) is 5.73 Å². The van der Waals surface area contributed by atoms with Crippen LogP contribution in [0.15, 0.2) is 15.6 Å². The smallest absolute Gasteiger partial charge is 0.221 e. The Morgan fingerprint density at radius 1 is 1.33 bits per heavy atom. The fourth-order valence-corrected chi connectivity index (χ4v) is 2.73. The number of nitrogens with zero attached hydrogens (tertiary/aromatic N) is 4. The zero-order chi connectivity index (χ0) is 10.8. The van der Waals surface area contributed by atoms with E-state index in [1.165, 1.54) is 23.1 Å². The fraction of sp³-hybridized carbons (Fsp3) is 0.250. The summed E-state index contributed by atoms with van der Waals surface area (Å²) in [7, 11) is 0. The molecule has 0 aliphatic rings. The SMILES string of the molecule is Cc1nnc(Sc2nc(N)ncc2C)s1. The molecule has 0 atom stereocenters. The van der Waals surface area contributed by atoms with Crippen molar-refractivity contribution >= 4 is 29.0 Å². The van der Waals surface area contributed by atoms with Gasteiger partial charge in [-0.2, -0.15) is 0 Å². The summed E-state index contributed by atoms with van der Waals surface area (Å²) in [6.07, 6.45) is 1.71. The van der Waals surface area contributed by atoms with Crippen LogP contribution in [0, 0.1) is 13.8 Å². The molecule has 0 unspecified atom stereocenters. The number of nitrogen functional groups attached to an aromatic ring is 1.